The number of aliphatic carboxylic acids is 1. The van der Waals surface area contributed by atoms with Gasteiger partial charge in [-0.3, -0.25) is 0 Å². The van der Waals surface area contributed by atoms with Gasteiger partial charge in [-0.2, -0.15) is 0 Å². The van der Waals surface area contributed by atoms with Gasteiger partial charge in [-0.15, -0.1) is 0 Å². The molecule has 5 heteroatoms. The van der Waals surface area contributed by atoms with Crippen molar-refractivity contribution in [3.05, 3.63) is 59.9 Å². The minimum absolute atomic E-state index is 0.0276. The molecule has 0 fully saturated rings. The van der Waals surface area contributed by atoms with Crippen LogP contribution in [-0.2, 0) is 4.79 Å². The SMILES string of the molecule is COc1ccc(Oc2c(F)cccc2/C=C/C(=O)O)cc1. The molecular weight excluding hydrogens is 275 g/mol. The van der Waals surface area contributed by atoms with Crippen LogP contribution in [0.3, 0.4) is 0 Å². The fourth-order valence-electron chi connectivity index (χ4n) is 1.69. The Bertz CT molecular complexity index is 662. The van der Waals surface area contributed by atoms with Gasteiger partial charge >= 0.3 is 5.97 Å². The molecule has 0 bridgehead atoms. The van der Waals surface area contributed by atoms with Gasteiger partial charge in [0.05, 0.1) is 7.11 Å². The van der Waals surface area contributed by atoms with Crippen LogP contribution in [0.2, 0.25) is 0 Å². The predicted molar refractivity (Wildman–Crippen MR) is 76.1 cm³/mol. The lowest BCUT2D eigenvalue weighted by Crippen LogP contribution is -1.93. The minimum Gasteiger partial charge on any atom is -0.497 e. The number of hydrogen-bond donors (Lipinski definition) is 1. The van der Waals surface area contributed by atoms with Crippen molar-refractivity contribution in [1.82, 2.24) is 0 Å². The first-order valence-electron chi connectivity index (χ1n) is 6.11. The summed E-state index contributed by atoms with van der Waals surface area (Å²) in [5, 5.41) is 8.65. The van der Waals surface area contributed by atoms with E-state index in [1.807, 2.05) is 0 Å². The molecule has 2 aromatic carbocycles. The Hall–Kier alpha value is -2.82. The van der Waals surface area contributed by atoms with E-state index in [4.69, 9.17) is 14.6 Å². The molecule has 4 nitrogen and oxygen atoms in total. The van der Waals surface area contributed by atoms with Crippen LogP contribution in [0.4, 0.5) is 4.39 Å². The molecule has 1 N–H and O–H groups in total. The van der Waals surface area contributed by atoms with Crippen molar-refractivity contribution in [3.8, 4) is 17.2 Å². The highest BCUT2D eigenvalue weighted by atomic mass is 19.1. The summed E-state index contributed by atoms with van der Waals surface area (Å²) in [6.45, 7) is 0. The van der Waals surface area contributed by atoms with Crippen molar-refractivity contribution in [2.75, 3.05) is 7.11 Å². The normalized spacial score (nSPS) is 10.6. The summed E-state index contributed by atoms with van der Waals surface area (Å²) in [7, 11) is 1.54. The van der Waals surface area contributed by atoms with Crippen LogP contribution < -0.4 is 9.47 Å². The molecule has 2 aromatic rings. The number of ether oxygens (including phenoxy) is 2. The lowest BCUT2D eigenvalue weighted by Gasteiger charge is -2.10. The number of para-hydroxylation sites is 1. The smallest absolute Gasteiger partial charge is 0.328 e. The molecule has 2 rings (SSSR count). The highest BCUT2D eigenvalue weighted by Gasteiger charge is 2.09. The fourth-order valence-corrected chi connectivity index (χ4v) is 1.69. The van der Waals surface area contributed by atoms with Gasteiger partial charge in [0.1, 0.15) is 11.5 Å². The van der Waals surface area contributed by atoms with Gasteiger partial charge in [-0.25, -0.2) is 9.18 Å². The van der Waals surface area contributed by atoms with E-state index in [1.165, 1.54) is 18.2 Å². The van der Waals surface area contributed by atoms with Gasteiger partial charge in [0.25, 0.3) is 0 Å². The third-order valence-electron chi connectivity index (χ3n) is 2.68. The second-order valence-electron chi connectivity index (χ2n) is 4.11. The van der Waals surface area contributed by atoms with E-state index in [1.54, 1.807) is 37.4 Å². The molecule has 0 amide bonds. The zero-order valence-electron chi connectivity index (χ0n) is 11.2. The second kappa shape index (κ2) is 6.56. The number of hydrogen-bond acceptors (Lipinski definition) is 3. The molecular formula is C16H13FO4. The molecule has 0 saturated carbocycles. The number of carbonyl (C=O) groups is 1. The Kier molecular flexibility index (Phi) is 4.56. The maximum Gasteiger partial charge on any atom is 0.328 e. The Morgan fingerprint density at radius 3 is 2.43 bits per heavy atom. The van der Waals surface area contributed by atoms with Gasteiger partial charge in [0.15, 0.2) is 11.6 Å². The largest absolute Gasteiger partial charge is 0.497 e. The summed E-state index contributed by atoms with van der Waals surface area (Å²) in [4.78, 5) is 10.6. The molecule has 0 aromatic heterocycles. The number of halogens is 1. The summed E-state index contributed by atoms with van der Waals surface area (Å²) in [5.74, 6) is -0.638. The lowest BCUT2D eigenvalue weighted by atomic mass is 10.1. The van der Waals surface area contributed by atoms with Gasteiger partial charge in [-0.05, 0) is 36.4 Å². The van der Waals surface area contributed by atoms with Crippen molar-refractivity contribution >= 4 is 12.0 Å². The van der Waals surface area contributed by atoms with Crippen LogP contribution in [0.15, 0.2) is 48.5 Å². The first kappa shape index (κ1) is 14.6. The van der Waals surface area contributed by atoms with Gasteiger partial charge in [0, 0.05) is 11.6 Å². The van der Waals surface area contributed by atoms with Crippen molar-refractivity contribution in [2.45, 2.75) is 0 Å². The highest BCUT2D eigenvalue weighted by Crippen LogP contribution is 2.30. The molecule has 0 atom stereocenters. The fraction of sp³-hybridized carbons (Fsp3) is 0.0625. The van der Waals surface area contributed by atoms with E-state index in [2.05, 4.69) is 0 Å². The number of carboxylic acids is 1. The topological polar surface area (TPSA) is 55.8 Å². The van der Waals surface area contributed by atoms with Crippen LogP contribution in [0.25, 0.3) is 6.08 Å². The average Bonchev–Trinajstić information content (AvgIpc) is 2.48. The molecule has 108 valence electrons. The molecule has 0 aliphatic rings. The van der Waals surface area contributed by atoms with Crippen LogP contribution in [0, 0.1) is 5.82 Å². The molecule has 0 aliphatic carbocycles. The number of rotatable bonds is 5. The van der Waals surface area contributed by atoms with Gasteiger partial charge in [-0.1, -0.05) is 12.1 Å². The Balaban J connectivity index is 2.31. The summed E-state index contributed by atoms with van der Waals surface area (Å²) >= 11 is 0. The van der Waals surface area contributed by atoms with Crippen LogP contribution >= 0.6 is 0 Å². The molecule has 21 heavy (non-hydrogen) atoms. The van der Waals surface area contributed by atoms with Gasteiger partial charge < -0.3 is 14.6 Å². The first-order valence-corrected chi connectivity index (χ1v) is 6.11. The highest BCUT2D eigenvalue weighted by molar-refractivity contribution is 5.85. The molecule has 0 unspecified atom stereocenters. The number of methoxy groups -OCH3 is 1. The Labute approximate surface area is 121 Å². The van der Waals surface area contributed by atoms with E-state index in [0.29, 0.717) is 17.1 Å². The van der Waals surface area contributed by atoms with E-state index >= 15 is 0 Å². The number of carboxylic acid groups (broad SMARTS) is 1. The van der Waals surface area contributed by atoms with E-state index in [-0.39, 0.29) is 5.75 Å². The quantitative estimate of drug-likeness (QED) is 0.852. The predicted octanol–water partition coefficient (Wildman–Crippen LogP) is 3.72. The summed E-state index contributed by atoms with van der Waals surface area (Å²) < 4.78 is 24.4. The Morgan fingerprint density at radius 1 is 1.14 bits per heavy atom. The molecule has 0 aliphatic heterocycles. The van der Waals surface area contributed by atoms with Crippen molar-refractivity contribution in [1.29, 1.82) is 0 Å². The van der Waals surface area contributed by atoms with Gasteiger partial charge in [0.2, 0.25) is 0 Å². The maximum absolute atomic E-state index is 13.9. The van der Waals surface area contributed by atoms with Crippen molar-refractivity contribution in [3.63, 3.8) is 0 Å². The molecule has 0 heterocycles. The van der Waals surface area contributed by atoms with Crippen LogP contribution in [0.1, 0.15) is 5.56 Å². The average molecular weight is 288 g/mol. The summed E-state index contributed by atoms with van der Waals surface area (Å²) in [6, 6.07) is 10.9. The molecule has 0 spiro atoms. The summed E-state index contributed by atoms with van der Waals surface area (Å²) in [6.07, 6.45) is 2.21. The van der Waals surface area contributed by atoms with Crippen molar-refractivity contribution < 1.29 is 23.8 Å². The monoisotopic (exact) mass is 288 g/mol. The van der Waals surface area contributed by atoms with Crippen molar-refractivity contribution in [2.24, 2.45) is 0 Å². The molecule has 0 saturated heterocycles. The van der Waals surface area contributed by atoms with E-state index in [0.717, 1.165) is 6.08 Å². The maximum atomic E-state index is 13.9. The lowest BCUT2D eigenvalue weighted by molar-refractivity contribution is -0.131. The minimum atomic E-state index is -1.12. The number of benzene rings is 2. The van der Waals surface area contributed by atoms with Crippen LogP contribution in [0.5, 0.6) is 17.2 Å². The third kappa shape index (κ3) is 3.82. The third-order valence-corrected chi connectivity index (χ3v) is 2.68. The first-order chi connectivity index (χ1) is 10.1. The van der Waals surface area contributed by atoms with Crippen LogP contribution in [-0.4, -0.2) is 18.2 Å². The summed E-state index contributed by atoms with van der Waals surface area (Å²) in [5.41, 5.74) is 0.341. The van der Waals surface area contributed by atoms with E-state index < -0.39 is 11.8 Å². The zero-order chi connectivity index (χ0) is 15.2. The second-order valence-corrected chi connectivity index (χ2v) is 4.11. The molecule has 0 radical (unpaired) electrons. The Morgan fingerprint density at radius 2 is 1.81 bits per heavy atom. The zero-order valence-corrected chi connectivity index (χ0v) is 11.2. The standard InChI is InChI=1S/C16H13FO4/c1-20-12-6-8-13(9-7-12)21-16-11(5-10-15(18)19)3-2-4-14(16)17/h2-10H,1H3,(H,18,19)/b10-5+. The van der Waals surface area contributed by atoms with E-state index in [9.17, 15) is 9.18 Å².